The fourth-order valence-electron chi connectivity index (χ4n) is 1.26. The van der Waals surface area contributed by atoms with Gasteiger partial charge in [-0.25, -0.2) is 4.68 Å². The predicted octanol–water partition coefficient (Wildman–Crippen LogP) is 2.67. The second kappa shape index (κ2) is 4.23. The molecule has 0 aliphatic carbocycles. The summed E-state index contributed by atoms with van der Waals surface area (Å²) >= 11 is 12.0. The number of halogens is 2. The molecule has 0 saturated heterocycles. The monoisotopic (exact) mass is 242 g/mol. The Morgan fingerprint density at radius 2 is 2.00 bits per heavy atom. The Morgan fingerprint density at radius 3 is 2.60 bits per heavy atom. The molecule has 0 unspecified atom stereocenters. The van der Waals surface area contributed by atoms with Crippen molar-refractivity contribution in [1.82, 2.24) is 9.78 Å². The highest BCUT2D eigenvalue weighted by molar-refractivity contribution is 6.33. The number of para-hydroxylation sites is 1. The molecule has 0 fully saturated rings. The van der Waals surface area contributed by atoms with Gasteiger partial charge in [0.05, 0.1) is 23.5 Å². The molecule has 0 amide bonds. The van der Waals surface area contributed by atoms with Crippen LogP contribution in [0.1, 0.15) is 5.56 Å². The van der Waals surface area contributed by atoms with Gasteiger partial charge >= 0.3 is 0 Å². The molecule has 3 nitrogen and oxygen atoms in total. The van der Waals surface area contributed by atoms with Crippen molar-refractivity contribution in [1.29, 1.82) is 0 Å². The molecule has 78 valence electrons. The van der Waals surface area contributed by atoms with E-state index in [4.69, 9.17) is 28.3 Å². The van der Waals surface area contributed by atoms with Crippen LogP contribution in [0.4, 0.5) is 0 Å². The SMILES string of the molecule is OCc1cnn(-c2ccccc2Cl)c1Cl. The summed E-state index contributed by atoms with van der Waals surface area (Å²) < 4.78 is 1.50. The average molecular weight is 243 g/mol. The molecule has 0 saturated carbocycles. The van der Waals surface area contributed by atoms with Crippen molar-refractivity contribution in [3.63, 3.8) is 0 Å². The smallest absolute Gasteiger partial charge is 0.138 e. The average Bonchev–Trinajstić information content (AvgIpc) is 2.60. The molecule has 0 radical (unpaired) electrons. The molecule has 1 aromatic heterocycles. The summed E-state index contributed by atoms with van der Waals surface area (Å²) in [4.78, 5) is 0. The quantitative estimate of drug-likeness (QED) is 0.880. The van der Waals surface area contributed by atoms with Crippen LogP contribution in [0.5, 0.6) is 0 Å². The van der Waals surface area contributed by atoms with Gasteiger partial charge in [-0.1, -0.05) is 35.3 Å². The van der Waals surface area contributed by atoms with E-state index in [1.165, 1.54) is 10.9 Å². The number of hydrogen-bond donors (Lipinski definition) is 1. The lowest BCUT2D eigenvalue weighted by Gasteiger charge is -2.05. The second-order valence-electron chi connectivity index (χ2n) is 2.98. The predicted molar refractivity (Wildman–Crippen MR) is 59.5 cm³/mol. The van der Waals surface area contributed by atoms with Crippen molar-refractivity contribution in [2.24, 2.45) is 0 Å². The molecule has 0 atom stereocenters. The molecule has 1 aromatic carbocycles. The molecule has 1 heterocycles. The molecule has 2 aromatic rings. The molecule has 15 heavy (non-hydrogen) atoms. The highest BCUT2D eigenvalue weighted by atomic mass is 35.5. The standard InChI is InChI=1S/C10H8Cl2N2O/c11-8-3-1-2-4-9(8)14-10(12)7(6-15)5-13-14/h1-5,15H,6H2. The lowest BCUT2D eigenvalue weighted by Crippen LogP contribution is -1.97. The van der Waals surface area contributed by atoms with Gasteiger partial charge in [0.1, 0.15) is 5.15 Å². The molecule has 0 aliphatic heterocycles. The fourth-order valence-corrected chi connectivity index (χ4v) is 1.72. The van der Waals surface area contributed by atoms with Crippen LogP contribution < -0.4 is 0 Å². The Balaban J connectivity index is 2.55. The van der Waals surface area contributed by atoms with Crippen molar-refractivity contribution < 1.29 is 5.11 Å². The molecule has 0 aliphatic rings. The lowest BCUT2D eigenvalue weighted by molar-refractivity contribution is 0.282. The summed E-state index contributed by atoms with van der Waals surface area (Å²) in [7, 11) is 0. The van der Waals surface area contributed by atoms with Crippen molar-refractivity contribution in [2.75, 3.05) is 0 Å². The molecular weight excluding hydrogens is 235 g/mol. The first kappa shape index (κ1) is 10.5. The maximum atomic E-state index is 8.98. The van der Waals surface area contributed by atoms with Gasteiger partial charge in [0.15, 0.2) is 0 Å². The van der Waals surface area contributed by atoms with E-state index >= 15 is 0 Å². The first-order chi connectivity index (χ1) is 7.24. The minimum Gasteiger partial charge on any atom is -0.392 e. The first-order valence-electron chi connectivity index (χ1n) is 4.32. The maximum Gasteiger partial charge on any atom is 0.138 e. The van der Waals surface area contributed by atoms with E-state index in [9.17, 15) is 0 Å². The highest BCUT2D eigenvalue weighted by Gasteiger charge is 2.10. The minimum absolute atomic E-state index is 0.136. The van der Waals surface area contributed by atoms with Gasteiger partial charge in [0.2, 0.25) is 0 Å². The van der Waals surface area contributed by atoms with Gasteiger partial charge in [-0.15, -0.1) is 0 Å². The van der Waals surface area contributed by atoms with Crippen LogP contribution in [-0.4, -0.2) is 14.9 Å². The van der Waals surface area contributed by atoms with Gasteiger partial charge < -0.3 is 5.11 Å². The molecule has 0 bridgehead atoms. The highest BCUT2D eigenvalue weighted by Crippen LogP contribution is 2.25. The first-order valence-corrected chi connectivity index (χ1v) is 5.08. The van der Waals surface area contributed by atoms with E-state index in [1.54, 1.807) is 6.07 Å². The van der Waals surface area contributed by atoms with Crippen molar-refractivity contribution in [3.05, 3.63) is 46.2 Å². The number of aromatic nitrogens is 2. The van der Waals surface area contributed by atoms with E-state index in [1.807, 2.05) is 18.2 Å². The van der Waals surface area contributed by atoms with Crippen LogP contribution in [0.3, 0.4) is 0 Å². The molecule has 0 spiro atoms. The van der Waals surface area contributed by atoms with Crippen LogP contribution in [0, 0.1) is 0 Å². The van der Waals surface area contributed by atoms with Gasteiger partial charge in [-0.3, -0.25) is 0 Å². The third-order valence-electron chi connectivity index (χ3n) is 2.03. The largest absolute Gasteiger partial charge is 0.392 e. The summed E-state index contributed by atoms with van der Waals surface area (Å²) in [5.41, 5.74) is 1.28. The van der Waals surface area contributed by atoms with E-state index in [2.05, 4.69) is 5.10 Å². The second-order valence-corrected chi connectivity index (χ2v) is 3.75. The van der Waals surface area contributed by atoms with E-state index < -0.39 is 0 Å². The topological polar surface area (TPSA) is 38.1 Å². The van der Waals surface area contributed by atoms with E-state index in [0.29, 0.717) is 21.4 Å². The van der Waals surface area contributed by atoms with E-state index in [-0.39, 0.29) is 6.61 Å². The summed E-state index contributed by atoms with van der Waals surface area (Å²) in [6.45, 7) is -0.136. The number of aliphatic hydroxyl groups excluding tert-OH is 1. The molecule has 5 heteroatoms. The van der Waals surface area contributed by atoms with Crippen LogP contribution in [0.15, 0.2) is 30.5 Å². The summed E-state index contributed by atoms with van der Waals surface area (Å²) in [5, 5.41) is 14.0. The Morgan fingerprint density at radius 1 is 1.27 bits per heavy atom. The lowest BCUT2D eigenvalue weighted by atomic mass is 10.3. The fraction of sp³-hybridized carbons (Fsp3) is 0.100. The van der Waals surface area contributed by atoms with Crippen molar-refractivity contribution >= 4 is 23.2 Å². The third kappa shape index (κ3) is 1.86. The Labute approximate surface area is 96.9 Å². The molecule has 2 rings (SSSR count). The van der Waals surface area contributed by atoms with Crippen molar-refractivity contribution in [2.45, 2.75) is 6.61 Å². The Bertz CT molecular complexity index is 482. The zero-order valence-electron chi connectivity index (χ0n) is 7.69. The van der Waals surface area contributed by atoms with E-state index in [0.717, 1.165) is 0 Å². The zero-order chi connectivity index (χ0) is 10.8. The maximum absolute atomic E-state index is 8.98. The van der Waals surface area contributed by atoms with Crippen LogP contribution in [0.2, 0.25) is 10.2 Å². The number of benzene rings is 1. The number of aliphatic hydroxyl groups is 1. The minimum atomic E-state index is -0.136. The van der Waals surface area contributed by atoms with Crippen LogP contribution >= 0.6 is 23.2 Å². The van der Waals surface area contributed by atoms with Crippen molar-refractivity contribution in [3.8, 4) is 5.69 Å². The summed E-state index contributed by atoms with van der Waals surface area (Å²) in [6.07, 6.45) is 1.52. The van der Waals surface area contributed by atoms with Gasteiger partial charge in [0.25, 0.3) is 0 Å². The Kier molecular flexibility index (Phi) is 2.95. The molecule has 1 N–H and O–H groups in total. The van der Waals surface area contributed by atoms with Gasteiger partial charge in [0, 0.05) is 5.56 Å². The number of hydrogen-bond acceptors (Lipinski definition) is 2. The number of rotatable bonds is 2. The number of nitrogens with zero attached hydrogens (tertiary/aromatic N) is 2. The zero-order valence-corrected chi connectivity index (χ0v) is 9.20. The molecular formula is C10H8Cl2N2O. The Hall–Kier alpha value is -1.03. The van der Waals surface area contributed by atoms with Gasteiger partial charge in [-0.2, -0.15) is 5.10 Å². The van der Waals surface area contributed by atoms with Gasteiger partial charge in [-0.05, 0) is 12.1 Å². The summed E-state index contributed by atoms with van der Waals surface area (Å²) in [5.74, 6) is 0. The normalized spacial score (nSPS) is 10.6. The third-order valence-corrected chi connectivity index (χ3v) is 2.75. The summed E-state index contributed by atoms with van der Waals surface area (Å²) in [6, 6.07) is 7.24. The van der Waals surface area contributed by atoms with Crippen LogP contribution in [0.25, 0.3) is 5.69 Å². The van der Waals surface area contributed by atoms with Crippen LogP contribution in [-0.2, 0) is 6.61 Å².